The molecule has 4 aromatic rings. The summed E-state index contributed by atoms with van der Waals surface area (Å²) in [7, 11) is 1.71. The lowest BCUT2D eigenvalue weighted by molar-refractivity contribution is 0.0937. The van der Waals surface area contributed by atoms with Crippen molar-refractivity contribution in [1.29, 1.82) is 0 Å². The summed E-state index contributed by atoms with van der Waals surface area (Å²) >= 11 is 5.99. The molecule has 4 rings (SSSR count). The van der Waals surface area contributed by atoms with E-state index in [-0.39, 0.29) is 5.56 Å². The summed E-state index contributed by atoms with van der Waals surface area (Å²) in [5.41, 5.74) is 1.39. The number of nitrogens with one attached hydrogen (secondary N) is 1. The van der Waals surface area contributed by atoms with E-state index in [1.165, 1.54) is 29.1 Å². The Kier molecular flexibility index (Phi) is 5.87. The predicted octanol–water partition coefficient (Wildman–Crippen LogP) is 3.92. The van der Waals surface area contributed by atoms with Gasteiger partial charge in [0.1, 0.15) is 17.1 Å². The van der Waals surface area contributed by atoms with Crippen LogP contribution in [-0.4, -0.2) is 25.5 Å². The molecule has 0 radical (unpaired) electrons. The highest BCUT2D eigenvalue weighted by molar-refractivity contribution is 6.30. The van der Waals surface area contributed by atoms with Gasteiger partial charge in [0.2, 0.25) is 0 Å². The molecule has 1 amide bonds. The summed E-state index contributed by atoms with van der Waals surface area (Å²) in [4.78, 5) is 26.2. The highest BCUT2D eigenvalue weighted by atomic mass is 35.5. The number of aromatic nitrogens is 4. The number of amides is 1. The molecular formula is C23H19ClFN5O2. The van der Waals surface area contributed by atoms with Crippen LogP contribution >= 0.6 is 11.6 Å². The van der Waals surface area contributed by atoms with Crippen molar-refractivity contribution < 1.29 is 9.18 Å². The van der Waals surface area contributed by atoms with E-state index in [0.29, 0.717) is 27.5 Å². The lowest BCUT2D eigenvalue weighted by atomic mass is 10.1. The standard InChI is InChI=1S/C23H19ClFN5O2/c1-14(16-4-3-5-18(25)10-16)27-22(31)20-11-21(15-6-8-17(24)9-7-15)28-30(23(20)32)19-12-26-29(2)13-19/h3-14H,1-2H3,(H,27,31)/t14-/m0/s1. The molecule has 2 heterocycles. The monoisotopic (exact) mass is 451 g/mol. The molecule has 0 saturated heterocycles. The number of carbonyl (C=O) groups is 1. The zero-order valence-electron chi connectivity index (χ0n) is 17.3. The molecule has 0 saturated carbocycles. The third-order valence-electron chi connectivity index (χ3n) is 4.93. The summed E-state index contributed by atoms with van der Waals surface area (Å²) in [6, 6.07) is 13.7. The summed E-state index contributed by atoms with van der Waals surface area (Å²) in [6.07, 6.45) is 3.11. The Morgan fingerprint density at radius 1 is 1.16 bits per heavy atom. The molecule has 2 aromatic heterocycles. The zero-order chi connectivity index (χ0) is 22.8. The Balaban J connectivity index is 1.77. The predicted molar refractivity (Wildman–Crippen MR) is 119 cm³/mol. The van der Waals surface area contributed by atoms with Crippen molar-refractivity contribution in [3.63, 3.8) is 0 Å². The van der Waals surface area contributed by atoms with E-state index >= 15 is 0 Å². The molecule has 162 valence electrons. The van der Waals surface area contributed by atoms with Crippen molar-refractivity contribution >= 4 is 17.5 Å². The van der Waals surface area contributed by atoms with Gasteiger partial charge in [-0.2, -0.15) is 14.9 Å². The summed E-state index contributed by atoms with van der Waals surface area (Å²) in [5.74, 6) is -1.00. The number of halogens is 2. The van der Waals surface area contributed by atoms with Crippen molar-refractivity contribution in [3.05, 3.63) is 99.3 Å². The first-order chi connectivity index (χ1) is 15.3. The molecular weight excluding hydrogens is 433 g/mol. The highest BCUT2D eigenvalue weighted by Gasteiger charge is 2.20. The fourth-order valence-corrected chi connectivity index (χ4v) is 3.37. The van der Waals surface area contributed by atoms with Gasteiger partial charge in [-0.25, -0.2) is 4.39 Å². The van der Waals surface area contributed by atoms with Crippen molar-refractivity contribution in [3.8, 4) is 16.9 Å². The van der Waals surface area contributed by atoms with Crippen LogP contribution in [0, 0.1) is 5.82 Å². The molecule has 1 N–H and O–H groups in total. The number of hydrogen-bond donors (Lipinski definition) is 1. The van der Waals surface area contributed by atoms with Crippen LogP contribution in [0.4, 0.5) is 4.39 Å². The quantitative estimate of drug-likeness (QED) is 0.498. The number of nitrogens with zero attached hydrogens (tertiary/aromatic N) is 4. The summed E-state index contributed by atoms with van der Waals surface area (Å²) < 4.78 is 16.2. The number of aryl methyl sites for hydroxylation is 1. The third kappa shape index (κ3) is 4.45. The Morgan fingerprint density at radius 2 is 1.91 bits per heavy atom. The van der Waals surface area contributed by atoms with Gasteiger partial charge in [0.05, 0.1) is 24.1 Å². The fourth-order valence-electron chi connectivity index (χ4n) is 3.25. The van der Waals surface area contributed by atoms with Gasteiger partial charge in [-0.15, -0.1) is 0 Å². The minimum atomic E-state index is -0.598. The van der Waals surface area contributed by atoms with Crippen LogP contribution < -0.4 is 10.9 Å². The summed E-state index contributed by atoms with van der Waals surface area (Å²) in [6.45, 7) is 1.72. The lowest BCUT2D eigenvalue weighted by Gasteiger charge is -2.15. The fraction of sp³-hybridized carbons (Fsp3) is 0.130. The molecule has 0 spiro atoms. The molecule has 7 nitrogen and oxygen atoms in total. The van der Waals surface area contributed by atoms with E-state index in [9.17, 15) is 14.0 Å². The van der Waals surface area contributed by atoms with Gasteiger partial charge in [0, 0.05) is 17.6 Å². The second-order valence-corrected chi connectivity index (χ2v) is 7.73. The van der Waals surface area contributed by atoms with Gasteiger partial charge < -0.3 is 5.32 Å². The second kappa shape index (κ2) is 8.76. The van der Waals surface area contributed by atoms with E-state index in [2.05, 4.69) is 15.5 Å². The molecule has 0 aliphatic carbocycles. The highest BCUT2D eigenvalue weighted by Crippen LogP contribution is 2.21. The van der Waals surface area contributed by atoms with Gasteiger partial charge >= 0.3 is 0 Å². The smallest absolute Gasteiger partial charge is 0.284 e. The summed E-state index contributed by atoms with van der Waals surface area (Å²) in [5, 5.41) is 11.8. The SMILES string of the molecule is C[C@H](NC(=O)c1cc(-c2ccc(Cl)cc2)nn(-c2cnn(C)c2)c1=O)c1cccc(F)c1. The van der Waals surface area contributed by atoms with Gasteiger partial charge in [-0.1, -0.05) is 35.9 Å². The van der Waals surface area contributed by atoms with Gasteiger partial charge in [-0.05, 0) is 42.8 Å². The van der Waals surface area contributed by atoms with Crippen LogP contribution in [0.2, 0.25) is 5.02 Å². The molecule has 2 aromatic carbocycles. The van der Waals surface area contributed by atoms with Crippen LogP contribution in [0.1, 0.15) is 28.9 Å². The van der Waals surface area contributed by atoms with E-state index < -0.39 is 23.3 Å². The average Bonchev–Trinajstić information content (AvgIpc) is 3.20. The van der Waals surface area contributed by atoms with Crippen LogP contribution in [0.15, 0.2) is 71.8 Å². The van der Waals surface area contributed by atoms with Gasteiger partial charge in [0.25, 0.3) is 11.5 Å². The molecule has 0 bridgehead atoms. The van der Waals surface area contributed by atoms with Crippen LogP contribution in [0.25, 0.3) is 16.9 Å². The van der Waals surface area contributed by atoms with E-state index in [0.717, 1.165) is 4.68 Å². The number of benzene rings is 2. The first kappa shape index (κ1) is 21.5. The van der Waals surface area contributed by atoms with Crippen LogP contribution in [0.3, 0.4) is 0 Å². The molecule has 9 heteroatoms. The van der Waals surface area contributed by atoms with E-state index in [1.54, 1.807) is 56.6 Å². The zero-order valence-corrected chi connectivity index (χ0v) is 18.0. The normalized spacial score (nSPS) is 11.9. The van der Waals surface area contributed by atoms with Gasteiger partial charge in [-0.3, -0.25) is 14.3 Å². The maximum atomic E-state index is 13.6. The van der Waals surface area contributed by atoms with Crippen LogP contribution in [0.5, 0.6) is 0 Å². The number of rotatable bonds is 5. The number of hydrogen-bond acceptors (Lipinski definition) is 4. The van der Waals surface area contributed by atoms with E-state index in [1.807, 2.05) is 0 Å². The van der Waals surface area contributed by atoms with Crippen molar-refractivity contribution in [1.82, 2.24) is 24.9 Å². The number of carbonyl (C=O) groups excluding carboxylic acids is 1. The first-order valence-corrected chi connectivity index (χ1v) is 10.2. The third-order valence-corrected chi connectivity index (χ3v) is 5.18. The minimum absolute atomic E-state index is 0.0999. The molecule has 32 heavy (non-hydrogen) atoms. The second-order valence-electron chi connectivity index (χ2n) is 7.29. The topological polar surface area (TPSA) is 81.8 Å². The molecule has 0 aliphatic rings. The molecule has 0 fully saturated rings. The van der Waals surface area contributed by atoms with Crippen molar-refractivity contribution in [2.75, 3.05) is 0 Å². The van der Waals surface area contributed by atoms with E-state index in [4.69, 9.17) is 11.6 Å². The first-order valence-electron chi connectivity index (χ1n) is 9.77. The van der Waals surface area contributed by atoms with Crippen LogP contribution in [-0.2, 0) is 7.05 Å². The Hall–Kier alpha value is -3.78. The van der Waals surface area contributed by atoms with Crippen molar-refractivity contribution in [2.24, 2.45) is 7.05 Å². The molecule has 1 atom stereocenters. The Morgan fingerprint density at radius 3 is 2.56 bits per heavy atom. The van der Waals surface area contributed by atoms with Crippen molar-refractivity contribution in [2.45, 2.75) is 13.0 Å². The maximum Gasteiger partial charge on any atom is 0.284 e. The maximum absolute atomic E-state index is 13.6. The minimum Gasteiger partial charge on any atom is -0.345 e. The van der Waals surface area contributed by atoms with Gasteiger partial charge in [0.15, 0.2) is 0 Å². The molecule has 0 unspecified atom stereocenters. The Labute approximate surface area is 188 Å². The lowest BCUT2D eigenvalue weighted by Crippen LogP contribution is -2.35. The molecule has 0 aliphatic heterocycles. The largest absolute Gasteiger partial charge is 0.345 e. The Bertz CT molecular complexity index is 1350. The average molecular weight is 452 g/mol.